The molecule has 4 heteroatoms. The van der Waals surface area contributed by atoms with Gasteiger partial charge in [-0.25, -0.2) is 0 Å². The smallest absolute Gasteiger partial charge is 0.132 e. The molecule has 312 valence electrons. The highest BCUT2D eigenvalue weighted by Crippen LogP contribution is 2.62. The summed E-state index contributed by atoms with van der Waals surface area (Å²) in [5, 5.41) is 9.94. The van der Waals surface area contributed by atoms with E-state index in [2.05, 4.69) is 240 Å². The molecule has 0 amide bonds. The van der Waals surface area contributed by atoms with Gasteiger partial charge in [-0.3, -0.25) is 0 Å². The van der Waals surface area contributed by atoms with Crippen LogP contribution in [0, 0.1) is 0 Å². The molecule has 0 N–H and O–H groups in total. The van der Waals surface area contributed by atoms with Crippen molar-refractivity contribution in [1.82, 2.24) is 4.57 Å². The minimum atomic E-state index is -0.671. The topological polar surface area (TPSA) is 17.4 Å². The SMILES string of the molecule is c1ccc2c(c1)Oc1ccccc1C21c2cc(N(c3ccc4c5ccccc5n(-c5ccc6sc7ccccc7c6c5)c4c3)c3cccc4ccccc34)ccc2-c2cccc3cccc1c23. The molecule has 0 fully saturated rings. The van der Waals surface area contributed by atoms with E-state index in [4.69, 9.17) is 4.74 Å². The summed E-state index contributed by atoms with van der Waals surface area (Å²) in [5.41, 5.74) is 13.4. The second kappa shape index (κ2) is 13.8. The van der Waals surface area contributed by atoms with Crippen molar-refractivity contribution < 1.29 is 4.74 Å². The van der Waals surface area contributed by atoms with Crippen molar-refractivity contribution >= 4 is 91.9 Å². The molecular formula is C63H38N2OS. The molecular weight excluding hydrogens is 833 g/mol. The summed E-state index contributed by atoms with van der Waals surface area (Å²) in [6.07, 6.45) is 0. The number of rotatable bonds is 4. The van der Waals surface area contributed by atoms with E-state index >= 15 is 0 Å². The fourth-order valence-electron chi connectivity index (χ4n) is 11.9. The standard InChI is InChI=1S/C63H38N2OS/c1-2-18-44-39(14-1)15-13-26-55(44)64(43-31-34-47-46-19-3-7-25-56(46)65(57(47)38-43)41-32-35-61-50(36-41)48-20-4-10-29-60(48)67-61)42-30-33-45-49-21-11-16-40-17-12-24-53(62(40)49)63(54(45)37-42)51-22-5-8-27-58(51)66-59-28-9-6-23-52(59)63/h1-38H. The average molecular weight is 871 g/mol. The van der Waals surface area contributed by atoms with Crippen LogP contribution in [0.1, 0.15) is 22.3 Å². The Labute approximate surface area is 390 Å². The molecule has 1 aliphatic carbocycles. The van der Waals surface area contributed by atoms with Crippen LogP contribution in [0.3, 0.4) is 0 Å². The minimum absolute atomic E-state index is 0.671. The number of para-hydroxylation sites is 3. The zero-order valence-electron chi connectivity index (χ0n) is 36.2. The van der Waals surface area contributed by atoms with Crippen LogP contribution in [0.2, 0.25) is 0 Å². The third-order valence-electron chi connectivity index (χ3n) is 14.6. The second-order valence-corrected chi connectivity index (χ2v) is 19.0. The largest absolute Gasteiger partial charge is 0.457 e. The van der Waals surface area contributed by atoms with Crippen LogP contribution in [0.25, 0.3) is 80.3 Å². The van der Waals surface area contributed by atoms with Gasteiger partial charge in [0.15, 0.2) is 0 Å². The van der Waals surface area contributed by atoms with Crippen molar-refractivity contribution in [2.75, 3.05) is 4.90 Å². The van der Waals surface area contributed by atoms with Crippen molar-refractivity contribution in [2.45, 2.75) is 5.41 Å². The van der Waals surface area contributed by atoms with Gasteiger partial charge in [0.25, 0.3) is 0 Å². The van der Waals surface area contributed by atoms with Crippen LogP contribution >= 0.6 is 11.3 Å². The van der Waals surface area contributed by atoms with Gasteiger partial charge in [0.1, 0.15) is 11.5 Å². The highest BCUT2D eigenvalue weighted by atomic mass is 32.1. The van der Waals surface area contributed by atoms with E-state index in [1.54, 1.807) is 0 Å². The van der Waals surface area contributed by atoms with Crippen LogP contribution in [0.5, 0.6) is 11.5 Å². The van der Waals surface area contributed by atoms with E-state index in [1.165, 1.54) is 80.3 Å². The monoisotopic (exact) mass is 870 g/mol. The van der Waals surface area contributed by atoms with Crippen molar-refractivity contribution in [2.24, 2.45) is 0 Å². The summed E-state index contributed by atoms with van der Waals surface area (Å²) in [5.74, 6) is 1.76. The Morgan fingerprint density at radius 3 is 1.88 bits per heavy atom. The first kappa shape index (κ1) is 36.9. The van der Waals surface area contributed by atoms with Crippen LogP contribution in [-0.2, 0) is 5.41 Å². The molecule has 11 aromatic carbocycles. The first-order chi connectivity index (χ1) is 33.2. The zero-order chi connectivity index (χ0) is 43.8. The molecule has 15 rings (SSSR count). The van der Waals surface area contributed by atoms with Crippen molar-refractivity contribution in [3.8, 4) is 28.3 Å². The number of anilines is 3. The number of thiophene rings is 1. The molecule has 0 atom stereocenters. The Balaban J connectivity index is 1.04. The van der Waals surface area contributed by atoms with E-state index in [0.717, 1.165) is 50.9 Å². The highest BCUT2D eigenvalue weighted by Gasteiger charge is 2.49. The number of ether oxygens (including phenoxy) is 1. The van der Waals surface area contributed by atoms with Gasteiger partial charge in [0, 0.05) is 64.5 Å². The van der Waals surface area contributed by atoms with Crippen LogP contribution < -0.4 is 9.64 Å². The molecule has 0 radical (unpaired) electrons. The Morgan fingerprint density at radius 1 is 0.388 bits per heavy atom. The van der Waals surface area contributed by atoms with Crippen LogP contribution in [0.4, 0.5) is 17.1 Å². The molecule has 0 bridgehead atoms. The maximum Gasteiger partial charge on any atom is 0.132 e. The highest BCUT2D eigenvalue weighted by molar-refractivity contribution is 7.25. The number of aromatic nitrogens is 1. The Bertz CT molecular complexity index is 4180. The van der Waals surface area contributed by atoms with E-state index in [1.807, 2.05) is 11.3 Å². The van der Waals surface area contributed by atoms with Crippen molar-refractivity contribution in [1.29, 1.82) is 0 Å². The van der Waals surface area contributed by atoms with E-state index < -0.39 is 5.41 Å². The van der Waals surface area contributed by atoms with Gasteiger partial charge >= 0.3 is 0 Å². The first-order valence-corrected chi connectivity index (χ1v) is 23.8. The summed E-state index contributed by atoms with van der Waals surface area (Å²) in [4.78, 5) is 2.49. The molecule has 3 nitrogen and oxygen atoms in total. The van der Waals surface area contributed by atoms with Crippen LogP contribution in [-0.4, -0.2) is 4.57 Å². The third kappa shape index (κ3) is 5.05. The molecule has 1 aliphatic heterocycles. The fraction of sp³-hybridized carbons (Fsp3) is 0.0159. The summed E-state index contributed by atoms with van der Waals surface area (Å²) in [6.45, 7) is 0. The number of hydrogen-bond donors (Lipinski definition) is 0. The molecule has 0 unspecified atom stereocenters. The quantitative estimate of drug-likeness (QED) is 0.175. The number of hydrogen-bond acceptors (Lipinski definition) is 3. The van der Waals surface area contributed by atoms with Gasteiger partial charge in [-0.05, 0) is 111 Å². The van der Waals surface area contributed by atoms with Gasteiger partial charge in [-0.1, -0.05) is 158 Å². The Morgan fingerprint density at radius 2 is 1.01 bits per heavy atom. The summed E-state index contributed by atoms with van der Waals surface area (Å²) < 4.78 is 11.9. The van der Waals surface area contributed by atoms with Gasteiger partial charge in [0.2, 0.25) is 0 Å². The average Bonchev–Trinajstić information content (AvgIpc) is 3.93. The number of benzene rings is 11. The lowest BCUT2D eigenvalue weighted by molar-refractivity contribution is 0.435. The molecule has 67 heavy (non-hydrogen) atoms. The predicted octanol–water partition coefficient (Wildman–Crippen LogP) is 17.4. The molecule has 2 aliphatic rings. The van der Waals surface area contributed by atoms with Gasteiger partial charge in [0.05, 0.1) is 22.1 Å². The van der Waals surface area contributed by atoms with E-state index in [-0.39, 0.29) is 0 Å². The minimum Gasteiger partial charge on any atom is -0.457 e. The number of nitrogens with zero attached hydrogens (tertiary/aromatic N) is 2. The van der Waals surface area contributed by atoms with Gasteiger partial charge in [-0.2, -0.15) is 0 Å². The van der Waals surface area contributed by atoms with Crippen LogP contribution in [0.15, 0.2) is 231 Å². The molecule has 1 spiro atoms. The molecule has 3 heterocycles. The summed E-state index contributed by atoms with van der Waals surface area (Å²) in [6, 6.07) is 85.3. The normalized spacial score (nSPS) is 13.3. The summed E-state index contributed by atoms with van der Waals surface area (Å²) in [7, 11) is 0. The fourth-order valence-corrected chi connectivity index (χ4v) is 13.0. The van der Waals surface area contributed by atoms with E-state index in [9.17, 15) is 0 Å². The van der Waals surface area contributed by atoms with Crippen molar-refractivity contribution in [3.63, 3.8) is 0 Å². The van der Waals surface area contributed by atoms with E-state index in [0.29, 0.717) is 0 Å². The Hall–Kier alpha value is -8.44. The Kier molecular flexibility index (Phi) is 7.58. The molecule has 2 aromatic heterocycles. The van der Waals surface area contributed by atoms with Crippen molar-refractivity contribution in [3.05, 3.63) is 253 Å². The lowest BCUT2D eigenvalue weighted by Crippen LogP contribution is -2.36. The predicted molar refractivity (Wildman–Crippen MR) is 281 cm³/mol. The zero-order valence-corrected chi connectivity index (χ0v) is 37.0. The maximum atomic E-state index is 6.81. The lowest BCUT2D eigenvalue weighted by atomic mass is 9.58. The number of fused-ring (bicyclic) bond motifs is 15. The van der Waals surface area contributed by atoms with Gasteiger partial charge in [-0.15, -0.1) is 11.3 Å². The molecule has 0 saturated heterocycles. The molecule has 13 aromatic rings. The third-order valence-corrected chi connectivity index (χ3v) is 15.8. The first-order valence-electron chi connectivity index (χ1n) is 23.0. The summed E-state index contributed by atoms with van der Waals surface area (Å²) >= 11 is 1.86. The molecule has 0 saturated carbocycles. The second-order valence-electron chi connectivity index (χ2n) is 17.9. The maximum absolute atomic E-state index is 6.81. The van der Waals surface area contributed by atoms with Gasteiger partial charge < -0.3 is 14.2 Å². The lowest BCUT2D eigenvalue weighted by Gasteiger charge is -2.45.